The molecule has 1 aromatic carbocycles. The lowest BCUT2D eigenvalue weighted by molar-refractivity contribution is -0.384. The van der Waals surface area contributed by atoms with E-state index in [1.807, 2.05) is 7.05 Å². The van der Waals surface area contributed by atoms with E-state index in [0.29, 0.717) is 5.69 Å². The van der Waals surface area contributed by atoms with Gasteiger partial charge in [0.15, 0.2) is 0 Å². The summed E-state index contributed by atoms with van der Waals surface area (Å²) in [5, 5.41) is 23.4. The fraction of sp³-hybridized carbons (Fsp3) is 0.500. The van der Waals surface area contributed by atoms with Crippen LogP contribution in [0.3, 0.4) is 0 Å². The van der Waals surface area contributed by atoms with Gasteiger partial charge < -0.3 is 15.3 Å². The number of nitrogens with one attached hydrogen (secondary N) is 1. The molecule has 1 saturated heterocycles. The van der Waals surface area contributed by atoms with Crippen LogP contribution in [0, 0.1) is 10.1 Å². The van der Waals surface area contributed by atoms with Gasteiger partial charge in [0.25, 0.3) is 5.69 Å². The second-order valence-corrected chi connectivity index (χ2v) is 4.70. The van der Waals surface area contributed by atoms with Gasteiger partial charge in [0, 0.05) is 12.6 Å². The van der Waals surface area contributed by atoms with Crippen molar-refractivity contribution in [2.45, 2.75) is 18.9 Å². The second kappa shape index (κ2) is 5.22. The Labute approximate surface area is 105 Å². The van der Waals surface area contributed by atoms with E-state index in [0.717, 1.165) is 25.9 Å². The highest BCUT2D eigenvalue weighted by atomic mass is 16.6. The molecule has 0 aliphatic carbocycles. The number of piperidine rings is 1. The molecule has 1 aliphatic rings. The van der Waals surface area contributed by atoms with E-state index in [9.17, 15) is 15.2 Å². The Kier molecular flexibility index (Phi) is 3.66. The number of phenolic OH excluding ortho intramolecular Hbond substituents is 1. The summed E-state index contributed by atoms with van der Waals surface area (Å²) in [6, 6.07) is 4.41. The van der Waals surface area contributed by atoms with Crippen molar-refractivity contribution in [1.29, 1.82) is 0 Å². The molecule has 1 unspecified atom stereocenters. The van der Waals surface area contributed by atoms with Gasteiger partial charge in [-0.1, -0.05) is 0 Å². The molecule has 0 radical (unpaired) electrons. The number of aromatic hydroxyl groups is 1. The molecule has 1 heterocycles. The quantitative estimate of drug-likeness (QED) is 0.486. The molecule has 0 aromatic heterocycles. The lowest BCUT2D eigenvalue weighted by atomic mass is 10.1. The minimum absolute atomic E-state index is 0.0803. The molecule has 18 heavy (non-hydrogen) atoms. The first kappa shape index (κ1) is 12.6. The molecule has 1 aliphatic heterocycles. The average Bonchev–Trinajstić information content (AvgIpc) is 2.31. The number of likely N-dealkylation sites (tertiary alicyclic amines) is 1. The first-order chi connectivity index (χ1) is 8.56. The highest BCUT2D eigenvalue weighted by molar-refractivity contribution is 5.64. The van der Waals surface area contributed by atoms with Crippen molar-refractivity contribution in [3.63, 3.8) is 0 Å². The molecule has 0 bridgehead atoms. The molecule has 98 valence electrons. The number of hydrogen-bond donors (Lipinski definition) is 2. The second-order valence-electron chi connectivity index (χ2n) is 4.70. The summed E-state index contributed by atoms with van der Waals surface area (Å²) < 4.78 is 0. The average molecular weight is 251 g/mol. The highest BCUT2D eigenvalue weighted by Gasteiger charge is 2.21. The molecule has 6 heteroatoms. The summed E-state index contributed by atoms with van der Waals surface area (Å²) in [6.07, 6.45) is 2.09. The Morgan fingerprint density at radius 3 is 3.00 bits per heavy atom. The van der Waals surface area contributed by atoms with E-state index in [2.05, 4.69) is 10.2 Å². The maximum absolute atomic E-state index is 10.9. The van der Waals surface area contributed by atoms with Crippen molar-refractivity contribution in [2.75, 3.05) is 25.5 Å². The monoisotopic (exact) mass is 251 g/mol. The van der Waals surface area contributed by atoms with Crippen molar-refractivity contribution >= 4 is 11.4 Å². The molecule has 0 amide bonds. The van der Waals surface area contributed by atoms with Crippen LogP contribution in [0.5, 0.6) is 5.75 Å². The number of anilines is 1. The van der Waals surface area contributed by atoms with Gasteiger partial charge in [-0.15, -0.1) is 0 Å². The molecule has 0 saturated carbocycles. The molecule has 1 aromatic rings. The van der Waals surface area contributed by atoms with Gasteiger partial charge in [0.05, 0.1) is 11.0 Å². The number of rotatable bonds is 3. The topological polar surface area (TPSA) is 78.6 Å². The van der Waals surface area contributed by atoms with Crippen LogP contribution in [-0.4, -0.2) is 41.1 Å². The van der Waals surface area contributed by atoms with Gasteiger partial charge >= 0.3 is 0 Å². The van der Waals surface area contributed by atoms with Crippen LogP contribution in [0.4, 0.5) is 11.4 Å². The Bertz CT molecular complexity index is 450. The molecule has 2 rings (SSSR count). The predicted molar refractivity (Wildman–Crippen MR) is 68.9 cm³/mol. The van der Waals surface area contributed by atoms with E-state index in [-0.39, 0.29) is 17.5 Å². The number of benzene rings is 1. The maximum Gasteiger partial charge on any atom is 0.296 e. The van der Waals surface area contributed by atoms with E-state index in [4.69, 9.17) is 0 Å². The van der Waals surface area contributed by atoms with Gasteiger partial charge in [-0.25, -0.2) is 0 Å². The Morgan fingerprint density at radius 1 is 1.56 bits per heavy atom. The zero-order valence-electron chi connectivity index (χ0n) is 10.3. The number of nitrogens with zero attached hydrogens (tertiary/aromatic N) is 2. The lowest BCUT2D eigenvalue weighted by Crippen LogP contribution is -2.39. The third-order valence-corrected chi connectivity index (χ3v) is 3.16. The zero-order chi connectivity index (χ0) is 13.1. The number of likely N-dealkylation sites (N-methyl/N-ethyl adjacent to an activating group) is 1. The van der Waals surface area contributed by atoms with Crippen LogP contribution in [0.2, 0.25) is 0 Å². The smallest absolute Gasteiger partial charge is 0.296 e. The first-order valence-electron chi connectivity index (χ1n) is 5.99. The maximum atomic E-state index is 10.9. The third-order valence-electron chi connectivity index (χ3n) is 3.16. The summed E-state index contributed by atoms with van der Waals surface area (Å²) in [5.74, 6) is -0.0898. The Morgan fingerprint density at radius 2 is 2.33 bits per heavy atom. The summed E-state index contributed by atoms with van der Waals surface area (Å²) in [4.78, 5) is 12.6. The standard InChI is InChI=1S/C12H17N3O3/c1-14-6-2-3-9(8-14)13-11-5-4-10(16)7-12(11)15(17)18/h4-5,7,9,13,16H,2-3,6,8H2,1H3. The largest absolute Gasteiger partial charge is 0.508 e. The summed E-state index contributed by atoms with van der Waals surface area (Å²) in [7, 11) is 2.04. The number of phenols is 1. The molecular formula is C12H17N3O3. The number of hydrogen-bond acceptors (Lipinski definition) is 5. The van der Waals surface area contributed by atoms with Crippen LogP contribution < -0.4 is 5.32 Å². The van der Waals surface area contributed by atoms with E-state index in [1.165, 1.54) is 12.1 Å². The van der Waals surface area contributed by atoms with Crippen molar-refractivity contribution < 1.29 is 10.0 Å². The minimum Gasteiger partial charge on any atom is -0.508 e. The SMILES string of the molecule is CN1CCCC(Nc2ccc(O)cc2[N+](=O)[O-])C1. The van der Waals surface area contributed by atoms with Crippen LogP contribution in [-0.2, 0) is 0 Å². The van der Waals surface area contributed by atoms with Crippen molar-refractivity contribution in [1.82, 2.24) is 4.90 Å². The van der Waals surface area contributed by atoms with E-state index in [1.54, 1.807) is 6.07 Å². The molecule has 1 fully saturated rings. The van der Waals surface area contributed by atoms with Crippen molar-refractivity contribution in [3.05, 3.63) is 28.3 Å². The van der Waals surface area contributed by atoms with Crippen LogP contribution in [0.1, 0.15) is 12.8 Å². The normalized spacial score (nSPS) is 20.6. The fourth-order valence-corrected chi connectivity index (χ4v) is 2.30. The van der Waals surface area contributed by atoms with Gasteiger partial charge in [-0.2, -0.15) is 0 Å². The lowest BCUT2D eigenvalue weighted by Gasteiger charge is -2.30. The van der Waals surface area contributed by atoms with Crippen molar-refractivity contribution in [2.24, 2.45) is 0 Å². The van der Waals surface area contributed by atoms with E-state index < -0.39 is 4.92 Å². The number of nitro benzene ring substituents is 1. The van der Waals surface area contributed by atoms with Gasteiger partial charge in [-0.3, -0.25) is 10.1 Å². The fourth-order valence-electron chi connectivity index (χ4n) is 2.30. The van der Waals surface area contributed by atoms with Gasteiger partial charge in [-0.05, 0) is 38.6 Å². The Balaban J connectivity index is 2.15. The first-order valence-corrected chi connectivity index (χ1v) is 5.99. The van der Waals surface area contributed by atoms with Crippen molar-refractivity contribution in [3.8, 4) is 5.75 Å². The number of nitro groups is 1. The highest BCUT2D eigenvalue weighted by Crippen LogP contribution is 2.29. The molecular weight excluding hydrogens is 234 g/mol. The minimum atomic E-state index is -0.478. The third kappa shape index (κ3) is 2.89. The zero-order valence-corrected chi connectivity index (χ0v) is 10.3. The molecule has 2 N–H and O–H groups in total. The summed E-state index contributed by atoms with van der Waals surface area (Å²) >= 11 is 0. The van der Waals surface area contributed by atoms with Gasteiger partial charge in [0.1, 0.15) is 11.4 Å². The van der Waals surface area contributed by atoms with Crippen LogP contribution >= 0.6 is 0 Å². The summed E-state index contributed by atoms with van der Waals surface area (Å²) in [5.41, 5.74) is 0.390. The molecule has 0 spiro atoms. The molecule has 6 nitrogen and oxygen atoms in total. The molecule has 1 atom stereocenters. The predicted octanol–water partition coefficient (Wildman–Crippen LogP) is 1.81. The van der Waals surface area contributed by atoms with Gasteiger partial charge in [0.2, 0.25) is 0 Å². The Hall–Kier alpha value is -1.82. The van der Waals surface area contributed by atoms with Crippen LogP contribution in [0.25, 0.3) is 0 Å². The summed E-state index contributed by atoms with van der Waals surface area (Å²) in [6.45, 7) is 1.94. The van der Waals surface area contributed by atoms with E-state index >= 15 is 0 Å². The van der Waals surface area contributed by atoms with Crippen LogP contribution in [0.15, 0.2) is 18.2 Å².